The smallest absolute Gasteiger partial charge is 0.0339 e. The predicted octanol–water partition coefficient (Wildman–Crippen LogP) is 2.10. The minimum atomic E-state index is 0.503. The number of hydrogen-bond acceptors (Lipinski definition) is 4. The highest BCUT2D eigenvalue weighted by molar-refractivity contribution is 8.06. The maximum Gasteiger partial charge on any atom is 0.0339 e. The molecule has 14 heavy (non-hydrogen) atoms. The summed E-state index contributed by atoms with van der Waals surface area (Å²) in [5.41, 5.74) is 3.00. The van der Waals surface area contributed by atoms with E-state index in [1.807, 2.05) is 0 Å². The molecule has 0 aromatic carbocycles. The maximum absolute atomic E-state index is 5.63. The second kappa shape index (κ2) is 6.99. The highest BCUT2D eigenvalue weighted by Crippen LogP contribution is 2.28. The van der Waals surface area contributed by atoms with Gasteiger partial charge in [0.1, 0.15) is 0 Å². The van der Waals surface area contributed by atoms with Crippen LogP contribution in [0.25, 0.3) is 0 Å². The van der Waals surface area contributed by atoms with Gasteiger partial charge in [-0.3, -0.25) is 11.3 Å². The molecule has 2 nitrogen and oxygen atoms in total. The van der Waals surface area contributed by atoms with Crippen molar-refractivity contribution in [3.8, 4) is 0 Å². The van der Waals surface area contributed by atoms with Gasteiger partial charge in [0.05, 0.1) is 0 Å². The molecule has 1 aliphatic rings. The number of rotatable bonds is 5. The van der Waals surface area contributed by atoms with Crippen LogP contribution in [0.1, 0.15) is 26.7 Å². The summed E-state index contributed by atoms with van der Waals surface area (Å²) in [5, 5.41) is 0.716. The lowest BCUT2D eigenvalue weighted by Crippen LogP contribution is -2.45. The Labute approximate surface area is 96.1 Å². The topological polar surface area (TPSA) is 38.0 Å². The van der Waals surface area contributed by atoms with Crippen LogP contribution in [-0.2, 0) is 0 Å². The third-order valence-corrected chi connectivity index (χ3v) is 5.78. The molecule has 0 aromatic heterocycles. The van der Waals surface area contributed by atoms with Gasteiger partial charge in [0.25, 0.3) is 0 Å². The van der Waals surface area contributed by atoms with Crippen LogP contribution < -0.4 is 11.3 Å². The van der Waals surface area contributed by atoms with E-state index in [9.17, 15) is 0 Å². The standard InChI is InChI=1S/C10H22N2S2/c1-3-8(2)6-9(12-11)10-7-13-4-5-14-10/h8-10,12H,3-7,11H2,1-2H3. The molecule has 0 aliphatic carbocycles. The fourth-order valence-electron chi connectivity index (χ4n) is 1.67. The first-order valence-corrected chi connectivity index (χ1v) is 7.63. The second-order valence-electron chi connectivity index (χ2n) is 4.01. The Morgan fingerprint density at radius 2 is 2.29 bits per heavy atom. The summed E-state index contributed by atoms with van der Waals surface area (Å²) in [6.45, 7) is 4.56. The number of nitrogens with two attached hydrogens (primary N) is 1. The molecule has 3 unspecified atom stereocenters. The predicted molar refractivity (Wildman–Crippen MR) is 68.8 cm³/mol. The SMILES string of the molecule is CCC(C)CC(NN)C1CSCCS1. The van der Waals surface area contributed by atoms with Crippen LogP contribution in [0.3, 0.4) is 0 Å². The Balaban J connectivity index is 2.35. The summed E-state index contributed by atoms with van der Waals surface area (Å²) in [6.07, 6.45) is 2.47. The van der Waals surface area contributed by atoms with Crippen LogP contribution in [0.5, 0.6) is 0 Å². The highest BCUT2D eigenvalue weighted by atomic mass is 32.2. The van der Waals surface area contributed by atoms with Gasteiger partial charge in [-0.2, -0.15) is 23.5 Å². The molecule has 0 amide bonds. The molecule has 84 valence electrons. The first-order valence-electron chi connectivity index (χ1n) is 5.43. The van der Waals surface area contributed by atoms with E-state index in [0.717, 1.165) is 5.92 Å². The summed E-state index contributed by atoms with van der Waals surface area (Å²) >= 11 is 4.15. The molecule has 3 N–H and O–H groups in total. The van der Waals surface area contributed by atoms with Gasteiger partial charge in [-0.15, -0.1) is 0 Å². The van der Waals surface area contributed by atoms with Gasteiger partial charge in [0.15, 0.2) is 0 Å². The minimum absolute atomic E-state index is 0.503. The van der Waals surface area contributed by atoms with Crippen LogP contribution >= 0.6 is 23.5 Å². The molecule has 1 rings (SSSR count). The highest BCUT2D eigenvalue weighted by Gasteiger charge is 2.24. The van der Waals surface area contributed by atoms with E-state index in [-0.39, 0.29) is 0 Å². The molecule has 3 atom stereocenters. The molecule has 0 bridgehead atoms. The molecule has 1 fully saturated rings. The average Bonchev–Trinajstić information content (AvgIpc) is 2.26. The van der Waals surface area contributed by atoms with E-state index >= 15 is 0 Å². The lowest BCUT2D eigenvalue weighted by Gasteiger charge is -2.30. The Hall–Kier alpha value is 0.620. The zero-order valence-corrected chi connectivity index (χ0v) is 10.8. The monoisotopic (exact) mass is 234 g/mol. The Kier molecular flexibility index (Phi) is 6.33. The van der Waals surface area contributed by atoms with E-state index in [0.29, 0.717) is 11.3 Å². The van der Waals surface area contributed by atoms with Crippen molar-refractivity contribution >= 4 is 23.5 Å². The van der Waals surface area contributed by atoms with Crippen molar-refractivity contribution in [2.45, 2.75) is 38.0 Å². The molecule has 1 saturated heterocycles. The Bertz CT molecular complexity index is 149. The number of hydrazine groups is 1. The summed E-state index contributed by atoms with van der Waals surface area (Å²) in [6, 6.07) is 0.503. The molecule has 0 saturated carbocycles. The van der Waals surface area contributed by atoms with Crippen LogP contribution in [0, 0.1) is 5.92 Å². The van der Waals surface area contributed by atoms with E-state index in [4.69, 9.17) is 5.84 Å². The van der Waals surface area contributed by atoms with Crippen LogP contribution in [0.2, 0.25) is 0 Å². The zero-order valence-electron chi connectivity index (χ0n) is 9.16. The molecular formula is C10H22N2S2. The van der Waals surface area contributed by atoms with Crippen molar-refractivity contribution in [1.82, 2.24) is 5.43 Å². The van der Waals surface area contributed by atoms with Crippen molar-refractivity contribution in [3.05, 3.63) is 0 Å². The van der Waals surface area contributed by atoms with Crippen molar-refractivity contribution in [2.24, 2.45) is 11.8 Å². The zero-order chi connectivity index (χ0) is 10.4. The van der Waals surface area contributed by atoms with Crippen molar-refractivity contribution in [2.75, 3.05) is 17.3 Å². The molecule has 0 spiro atoms. The lowest BCUT2D eigenvalue weighted by molar-refractivity contribution is 0.398. The first kappa shape index (κ1) is 12.7. The van der Waals surface area contributed by atoms with Gasteiger partial charge >= 0.3 is 0 Å². The fraction of sp³-hybridized carbons (Fsp3) is 1.00. The molecule has 0 radical (unpaired) electrons. The summed E-state index contributed by atoms with van der Waals surface area (Å²) in [7, 11) is 0. The molecule has 1 aliphatic heterocycles. The van der Waals surface area contributed by atoms with E-state index in [1.54, 1.807) is 0 Å². The van der Waals surface area contributed by atoms with Crippen molar-refractivity contribution in [3.63, 3.8) is 0 Å². The van der Waals surface area contributed by atoms with Gasteiger partial charge < -0.3 is 0 Å². The first-order chi connectivity index (χ1) is 6.77. The van der Waals surface area contributed by atoms with Gasteiger partial charge in [-0.05, 0) is 12.3 Å². The van der Waals surface area contributed by atoms with Crippen LogP contribution in [-0.4, -0.2) is 28.6 Å². The third kappa shape index (κ3) is 4.01. The average molecular weight is 234 g/mol. The van der Waals surface area contributed by atoms with Crippen molar-refractivity contribution < 1.29 is 0 Å². The maximum atomic E-state index is 5.63. The Morgan fingerprint density at radius 3 is 2.79 bits per heavy atom. The third-order valence-electron chi connectivity index (χ3n) is 2.86. The van der Waals surface area contributed by atoms with E-state index < -0.39 is 0 Å². The quantitative estimate of drug-likeness (QED) is 0.564. The van der Waals surface area contributed by atoms with Crippen LogP contribution in [0.4, 0.5) is 0 Å². The summed E-state index contributed by atoms with van der Waals surface area (Å²) in [5.74, 6) is 10.3. The molecule has 0 aromatic rings. The lowest BCUT2D eigenvalue weighted by atomic mass is 9.98. The van der Waals surface area contributed by atoms with E-state index in [2.05, 4.69) is 42.8 Å². The fourth-order valence-corrected chi connectivity index (χ4v) is 4.55. The molecule has 4 heteroatoms. The summed E-state index contributed by atoms with van der Waals surface area (Å²) in [4.78, 5) is 0. The largest absolute Gasteiger partial charge is 0.271 e. The molecular weight excluding hydrogens is 212 g/mol. The minimum Gasteiger partial charge on any atom is -0.271 e. The van der Waals surface area contributed by atoms with Gasteiger partial charge in [-0.1, -0.05) is 20.3 Å². The van der Waals surface area contributed by atoms with Gasteiger partial charge in [0, 0.05) is 28.6 Å². The second-order valence-corrected chi connectivity index (χ2v) is 6.50. The van der Waals surface area contributed by atoms with E-state index in [1.165, 1.54) is 30.1 Å². The van der Waals surface area contributed by atoms with Crippen molar-refractivity contribution in [1.29, 1.82) is 0 Å². The molecule has 1 heterocycles. The van der Waals surface area contributed by atoms with Crippen LogP contribution in [0.15, 0.2) is 0 Å². The normalized spacial score (nSPS) is 27.2. The van der Waals surface area contributed by atoms with Gasteiger partial charge in [0.2, 0.25) is 0 Å². The number of thioether (sulfide) groups is 2. The Morgan fingerprint density at radius 1 is 1.50 bits per heavy atom. The summed E-state index contributed by atoms with van der Waals surface area (Å²) < 4.78 is 0. The van der Waals surface area contributed by atoms with Gasteiger partial charge in [-0.25, -0.2) is 0 Å². The number of hydrogen-bond donors (Lipinski definition) is 2. The number of nitrogens with one attached hydrogen (secondary N) is 1.